The topological polar surface area (TPSA) is 39.9 Å². The number of hydrogen-bond donors (Lipinski definition) is 0. The molecule has 0 N–H and O–H groups in total. The van der Waals surface area contributed by atoms with Gasteiger partial charge in [0, 0.05) is 7.11 Å². The predicted molar refractivity (Wildman–Crippen MR) is 85.5 cm³/mol. The fourth-order valence-electron chi connectivity index (χ4n) is 1.90. The Labute approximate surface area is 139 Å². The molecule has 0 amide bonds. The van der Waals surface area contributed by atoms with Crippen LogP contribution >= 0.6 is 23.2 Å². The zero-order valence-corrected chi connectivity index (χ0v) is 14.4. The highest BCUT2D eigenvalue weighted by Crippen LogP contribution is 2.30. The summed E-state index contributed by atoms with van der Waals surface area (Å²) in [4.78, 5) is 4.31. The second kappa shape index (κ2) is 6.94. The van der Waals surface area contributed by atoms with E-state index in [4.69, 9.17) is 27.9 Å². The van der Waals surface area contributed by atoms with E-state index in [1.165, 1.54) is 4.68 Å². The van der Waals surface area contributed by atoms with Gasteiger partial charge in [0.25, 0.3) is 0 Å². The van der Waals surface area contributed by atoms with Crippen LogP contribution in [0.25, 0.3) is 5.69 Å². The minimum Gasteiger partial charge on any atom is -0.374 e. The molecule has 0 aliphatic carbocycles. The van der Waals surface area contributed by atoms with E-state index in [0.29, 0.717) is 21.6 Å². The van der Waals surface area contributed by atoms with Crippen molar-refractivity contribution in [3.05, 3.63) is 39.9 Å². The van der Waals surface area contributed by atoms with E-state index in [9.17, 15) is 4.39 Å². The molecule has 1 heterocycles. The first-order valence-electron chi connectivity index (χ1n) is 6.94. The molecule has 1 aromatic heterocycles. The highest BCUT2D eigenvalue weighted by atomic mass is 35.5. The molecule has 2 atom stereocenters. The van der Waals surface area contributed by atoms with E-state index in [1.807, 2.05) is 0 Å². The molecule has 0 radical (unpaired) electrons. The third-order valence-electron chi connectivity index (χ3n) is 3.35. The van der Waals surface area contributed by atoms with E-state index in [0.717, 1.165) is 0 Å². The number of alkyl halides is 1. The molecular formula is C15H18Cl2FN3O. The standard InChI is InChI=1S/C15H18Cl2FN3O/c1-8(2)13(18)15-19-14(9(3)22-4)20-21(15)10-5-6-11(16)12(17)7-10/h5-9,13H,1-4H3. The Morgan fingerprint density at radius 1 is 1.18 bits per heavy atom. The maximum Gasteiger partial charge on any atom is 0.179 e. The van der Waals surface area contributed by atoms with Crippen molar-refractivity contribution in [1.82, 2.24) is 14.8 Å². The highest BCUT2D eigenvalue weighted by molar-refractivity contribution is 6.42. The van der Waals surface area contributed by atoms with Crippen molar-refractivity contribution >= 4 is 23.2 Å². The summed E-state index contributed by atoms with van der Waals surface area (Å²) in [6.45, 7) is 5.39. The molecule has 1 aromatic carbocycles. The molecule has 0 spiro atoms. The molecule has 0 saturated heterocycles. The number of halogens is 3. The molecule has 7 heteroatoms. The summed E-state index contributed by atoms with van der Waals surface area (Å²) in [7, 11) is 1.56. The van der Waals surface area contributed by atoms with Crippen molar-refractivity contribution in [1.29, 1.82) is 0 Å². The molecule has 2 unspecified atom stereocenters. The van der Waals surface area contributed by atoms with Crippen molar-refractivity contribution in [3.8, 4) is 5.69 Å². The lowest BCUT2D eigenvalue weighted by atomic mass is 10.1. The molecular weight excluding hydrogens is 328 g/mol. The average molecular weight is 346 g/mol. The molecule has 2 rings (SSSR count). The SMILES string of the molecule is COC(C)c1nc(C(F)C(C)C)n(-c2ccc(Cl)c(Cl)c2)n1. The summed E-state index contributed by atoms with van der Waals surface area (Å²) in [5, 5.41) is 5.17. The summed E-state index contributed by atoms with van der Waals surface area (Å²) >= 11 is 12.0. The molecule has 0 aliphatic heterocycles. The second-order valence-electron chi connectivity index (χ2n) is 5.36. The summed E-state index contributed by atoms with van der Waals surface area (Å²) in [5.74, 6) is 0.426. The van der Waals surface area contributed by atoms with Crippen molar-refractivity contribution < 1.29 is 9.13 Å². The van der Waals surface area contributed by atoms with Gasteiger partial charge >= 0.3 is 0 Å². The molecule has 4 nitrogen and oxygen atoms in total. The molecule has 2 aromatic rings. The number of nitrogens with zero attached hydrogens (tertiary/aromatic N) is 3. The summed E-state index contributed by atoms with van der Waals surface area (Å²) in [5.41, 5.74) is 0.606. The van der Waals surface area contributed by atoms with Crippen LogP contribution in [0, 0.1) is 5.92 Å². The summed E-state index contributed by atoms with van der Waals surface area (Å²) in [6.07, 6.45) is -1.58. The lowest BCUT2D eigenvalue weighted by Gasteiger charge is -2.13. The Hall–Kier alpha value is -1.17. The van der Waals surface area contributed by atoms with E-state index >= 15 is 0 Å². The van der Waals surface area contributed by atoms with Gasteiger partial charge in [-0.25, -0.2) is 14.1 Å². The monoisotopic (exact) mass is 345 g/mol. The van der Waals surface area contributed by atoms with Crippen LogP contribution in [0.5, 0.6) is 0 Å². The van der Waals surface area contributed by atoms with Crippen LogP contribution in [-0.4, -0.2) is 21.9 Å². The maximum atomic E-state index is 14.5. The van der Waals surface area contributed by atoms with Crippen LogP contribution in [-0.2, 0) is 4.74 Å². The van der Waals surface area contributed by atoms with Crippen molar-refractivity contribution in [2.24, 2.45) is 5.92 Å². The number of rotatable bonds is 5. The van der Waals surface area contributed by atoms with Crippen LogP contribution in [0.3, 0.4) is 0 Å². The van der Waals surface area contributed by atoms with E-state index < -0.39 is 6.17 Å². The summed E-state index contributed by atoms with van der Waals surface area (Å²) in [6, 6.07) is 5.00. The van der Waals surface area contributed by atoms with Crippen LogP contribution in [0.15, 0.2) is 18.2 Å². The number of aromatic nitrogens is 3. The maximum absolute atomic E-state index is 14.5. The van der Waals surface area contributed by atoms with Crippen LogP contribution in [0.2, 0.25) is 10.0 Å². The molecule has 22 heavy (non-hydrogen) atoms. The number of methoxy groups -OCH3 is 1. The quantitative estimate of drug-likeness (QED) is 0.769. The fourth-order valence-corrected chi connectivity index (χ4v) is 2.19. The first kappa shape index (κ1) is 17.2. The highest BCUT2D eigenvalue weighted by Gasteiger charge is 2.25. The summed E-state index contributed by atoms with van der Waals surface area (Å²) < 4.78 is 21.2. The van der Waals surface area contributed by atoms with Gasteiger partial charge in [-0.15, -0.1) is 5.10 Å². The largest absolute Gasteiger partial charge is 0.374 e. The van der Waals surface area contributed by atoms with Gasteiger partial charge < -0.3 is 4.74 Å². The van der Waals surface area contributed by atoms with Gasteiger partial charge in [0.15, 0.2) is 17.8 Å². The first-order valence-corrected chi connectivity index (χ1v) is 7.69. The molecule has 0 saturated carbocycles. The smallest absolute Gasteiger partial charge is 0.179 e. The zero-order valence-electron chi connectivity index (χ0n) is 12.8. The van der Waals surface area contributed by atoms with Crippen LogP contribution < -0.4 is 0 Å². The van der Waals surface area contributed by atoms with Crippen molar-refractivity contribution in [2.45, 2.75) is 33.0 Å². The van der Waals surface area contributed by atoms with Crippen LogP contribution in [0.1, 0.15) is 44.7 Å². The Balaban J connectivity index is 2.56. The molecule has 0 bridgehead atoms. The van der Waals surface area contributed by atoms with Gasteiger partial charge in [0.05, 0.1) is 15.7 Å². The van der Waals surface area contributed by atoms with E-state index in [-0.39, 0.29) is 17.8 Å². The van der Waals surface area contributed by atoms with Crippen molar-refractivity contribution in [2.75, 3.05) is 7.11 Å². The van der Waals surface area contributed by atoms with Gasteiger partial charge in [-0.3, -0.25) is 0 Å². The molecule has 0 aliphatic rings. The van der Waals surface area contributed by atoms with E-state index in [1.54, 1.807) is 46.1 Å². The van der Waals surface area contributed by atoms with Gasteiger partial charge in [0.2, 0.25) is 0 Å². The van der Waals surface area contributed by atoms with Gasteiger partial charge in [-0.1, -0.05) is 37.0 Å². The van der Waals surface area contributed by atoms with Crippen LogP contribution in [0.4, 0.5) is 4.39 Å². The molecule has 120 valence electrons. The zero-order chi connectivity index (χ0) is 16.4. The third-order valence-corrected chi connectivity index (χ3v) is 4.08. The first-order chi connectivity index (χ1) is 10.3. The Morgan fingerprint density at radius 3 is 2.41 bits per heavy atom. The Morgan fingerprint density at radius 2 is 1.86 bits per heavy atom. The Bertz CT molecular complexity index is 660. The second-order valence-corrected chi connectivity index (χ2v) is 6.18. The minimum atomic E-state index is -1.25. The van der Waals surface area contributed by atoms with Gasteiger partial charge in [0.1, 0.15) is 6.10 Å². The predicted octanol–water partition coefficient (Wildman–Crippen LogP) is 4.95. The minimum absolute atomic E-state index is 0.226. The van der Waals surface area contributed by atoms with E-state index in [2.05, 4.69) is 10.1 Å². The lowest BCUT2D eigenvalue weighted by Crippen LogP contribution is -2.10. The number of benzene rings is 1. The Kier molecular flexibility index (Phi) is 5.42. The normalized spacial score (nSPS) is 14.4. The number of ether oxygens (including phenoxy) is 1. The third kappa shape index (κ3) is 3.42. The average Bonchev–Trinajstić information content (AvgIpc) is 2.93. The fraction of sp³-hybridized carbons (Fsp3) is 0.467. The van der Waals surface area contributed by atoms with Gasteiger partial charge in [-0.05, 0) is 31.0 Å². The lowest BCUT2D eigenvalue weighted by molar-refractivity contribution is 0.112. The van der Waals surface area contributed by atoms with Gasteiger partial charge in [-0.2, -0.15) is 0 Å². The molecule has 0 fully saturated rings. The number of hydrogen-bond acceptors (Lipinski definition) is 3. The van der Waals surface area contributed by atoms with Crippen molar-refractivity contribution in [3.63, 3.8) is 0 Å².